The Labute approximate surface area is 124 Å². The highest BCUT2D eigenvalue weighted by atomic mass is 32.1. The summed E-state index contributed by atoms with van der Waals surface area (Å²) in [6, 6.07) is 6.47. The normalized spacial score (nSPS) is 13.8. The van der Waals surface area contributed by atoms with Crippen molar-refractivity contribution in [3.63, 3.8) is 0 Å². The molecule has 0 spiro atoms. The summed E-state index contributed by atoms with van der Waals surface area (Å²) in [6.07, 6.45) is 6.81. The average molecular weight is 288 g/mol. The second-order valence-electron chi connectivity index (χ2n) is 5.07. The van der Waals surface area contributed by atoms with E-state index in [1.54, 1.807) is 11.3 Å². The fourth-order valence-electron chi connectivity index (χ4n) is 2.12. The summed E-state index contributed by atoms with van der Waals surface area (Å²) in [7, 11) is 1.84. The first-order valence-electron chi connectivity index (χ1n) is 6.84. The topological polar surface area (TPSA) is 53.6 Å². The van der Waals surface area contributed by atoms with Crippen LogP contribution in [-0.4, -0.2) is 22.1 Å². The van der Waals surface area contributed by atoms with E-state index >= 15 is 0 Å². The maximum absolute atomic E-state index is 9.11. The molecule has 0 amide bonds. The van der Waals surface area contributed by atoms with Crippen molar-refractivity contribution in [1.29, 1.82) is 5.26 Å². The van der Waals surface area contributed by atoms with Crippen molar-refractivity contribution in [3.8, 4) is 16.8 Å². The zero-order valence-corrected chi connectivity index (χ0v) is 12.8. The van der Waals surface area contributed by atoms with Gasteiger partial charge in [0.05, 0.1) is 10.9 Å². The Morgan fingerprint density at radius 1 is 1.50 bits per heavy atom. The molecule has 0 fully saturated rings. The molecular formula is C15H20N4S. The zero-order chi connectivity index (χ0) is 14.4. The molecule has 4 nitrogen and oxygen atoms in total. The monoisotopic (exact) mass is 288 g/mol. The summed E-state index contributed by atoms with van der Waals surface area (Å²) >= 11 is 1.71. The largest absolute Gasteiger partial charge is 0.330 e. The van der Waals surface area contributed by atoms with E-state index in [1.165, 1.54) is 4.88 Å². The summed E-state index contributed by atoms with van der Waals surface area (Å²) in [6.45, 7) is 2.89. The van der Waals surface area contributed by atoms with Crippen molar-refractivity contribution in [2.75, 3.05) is 7.05 Å². The third-order valence-corrected chi connectivity index (χ3v) is 4.45. The number of hydrogen-bond acceptors (Lipinski definition) is 4. The van der Waals surface area contributed by atoms with Gasteiger partial charge in [-0.15, -0.1) is 11.3 Å². The molecule has 1 N–H and O–H groups in total. The quantitative estimate of drug-likeness (QED) is 0.795. The van der Waals surface area contributed by atoms with Crippen LogP contribution in [0.2, 0.25) is 0 Å². The predicted molar refractivity (Wildman–Crippen MR) is 82.5 cm³/mol. The maximum atomic E-state index is 9.11. The first-order chi connectivity index (χ1) is 9.68. The Morgan fingerprint density at radius 2 is 2.35 bits per heavy atom. The van der Waals surface area contributed by atoms with Gasteiger partial charge in [-0.25, -0.2) is 4.98 Å². The van der Waals surface area contributed by atoms with Gasteiger partial charge in [0.15, 0.2) is 0 Å². The summed E-state index contributed by atoms with van der Waals surface area (Å²) in [5.74, 6) is 1.04. The fraction of sp³-hybridized carbons (Fsp3) is 0.467. The number of nitriles is 1. The van der Waals surface area contributed by atoms with Crippen LogP contribution in [0.25, 0.3) is 10.7 Å². The van der Waals surface area contributed by atoms with Crippen molar-refractivity contribution in [2.24, 2.45) is 0 Å². The Hall–Kier alpha value is -1.64. The SMILES string of the molecule is CNC(C)(C#N)CCCCn1ccnc1-c1cccs1. The van der Waals surface area contributed by atoms with E-state index in [1.807, 2.05) is 32.4 Å². The lowest BCUT2D eigenvalue weighted by Crippen LogP contribution is -2.37. The van der Waals surface area contributed by atoms with Gasteiger partial charge in [-0.1, -0.05) is 6.07 Å². The van der Waals surface area contributed by atoms with Crippen LogP contribution in [0.3, 0.4) is 0 Å². The molecule has 106 valence electrons. The van der Waals surface area contributed by atoms with Gasteiger partial charge in [0.2, 0.25) is 0 Å². The lowest BCUT2D eigenvalue weighted by Gasteiger charge is -2.20. The highest BCUT2D eigenvalue weighted by Crippen LogP contribution is 2.23. The van der Waals surface area contributed by atoms with Gasteiger partial charge in [-0.3, -0.25) is 0 Å². The predicted octanol–water partition coefficient (Wildman–Crippen LogP) is 3.28. The molecule has 2 aromatic rings. The lowest BCUT2D eigenvalue weighted by molar-refractivity contribution is 0.425. The highest BCUT2D eigenvalue weighted by Gasteiger charge is 2.19. The Balaban J connectivity index is 1.87. The van der Waals surface area contributed by atoms with Gasteiger partial charge in [-0.05, 0) is 44.7 Å². The average Bonchev–Trinajstić information content (AvgIpc) is 3.13. The van der Waals surface area contributed by atoms with Crippen LogP contribution in [0.5, 0.6) is 0 Å². The molecule has 0 saturated heterocycles. The number of hydrogen-bond donors (Lipinski definition) is 1. The summed E-state index contributed by atoms with van der Waals surface area (Å²) in [5.41, 5.74) is -0.411. The number of imidazole rings is 1. The van der Waals surface area contributed by atoms with Gasteiger partial charge >= 0.3 is 0 Å². The number of nitrogens with zero attached hydrogens (tertiary/aromatic N) is 3. The minimum Gasteiger partial charge on any atom is -0.330 e. The molecule has 0 saturated carbocycles. The zero-order valence-electron chi connectivity index (χ0n) is 12.0. The standard InChI is InChI=1S/C15H20N4S/c1-15(12-16,17-2)7-3-4-9-19-10-8-18-14(19)13-6-5-11-20-13/h5-6,8,10-11,17H,3-4,7,9H2,1-2H3. The van der Waals surface area contributed by atoms with E-state index in [2.05, 4.69) is 32.4 Å². The van der Waals surface area contributed by atoms with Crippen molar-refractivity contribution in [2.45, 2.75) is 38.3 Å². The minimum absolute atomic E-state index is 0.411. The molecule has 0 aromatic carbocycles. The molecule has 1 atom stereocenters. The van der Waals surface area contributed by atoms with Crippen molar-refractivity contribution < 1.29 is 0 Å². The number of aryl methyl sites for hydroxylation is 1. The third-order valence-electron chi connectivity index (χ3n) is 3.58. The van der Waals surface area contributed by atoms with Crippen molar-refractivity contribution in [1.82, 2.24) is 14.9 Å². The molecule has 0 aliphatic heterocycles. The molecule has 1 unspecified atom stereocenters. The number of aromatic nitrogens is 2. The van der Waals surface area contributed by atoms with E-state index in [9.17, 15) is 0 Å². The number of rotatable bonds is 7. The second-order valence-corrected chi connectivity index (χ2v) is 6.02. The first kappa shape index (κ1) is 14.8. The molecule has 0 radical (unpaired) electrons. The van der Waals surface area contributed by atoms with Gasteiger partial charge in [0.1, 0.15) is 11.4 Å². The first-order valence-corrected chi connectivity index (χ1v) is 7.72. The van der Waals surface area contributed by atoms with Crippen LogP contribution in [0, 0.1) is 11.3 Å². The summed E-state index contributed by atoms with van der Waals surface area (Å²) in [5, 5.41) is 14.3. The summed E-state index contributed by atoms with van der Waals surface area (Å²) in [4.78, 5) is 5.63. The summed E-state index contributed by atoms with van der Waals surface area (Å²) < 4.78 is 2.19. The van der Waals surface area contributed by atoms with E-state index in [4.69, 9.17) is 5.26 Å². The fourth-order valence-corrected chi connectivity index (χ4v) is 2.85. The van der Waals surface area contributed by atoms with E-state index in [0.717, 1.165) is 31.6 Å². The van der Waals surface area contributed by atoms with Crippen LogP contribution >= 0.6 is 11.3 Å². The van der Waals surface area contributed by atoms with E-state index < -0.39 is 5.54 Å². The minimum atomic E-state index is -0.411. The molecule has 0 bridgehead atoms. The Bertz CT molecular complexity index is 567. The Kier molecular flexibility index (Phi) is 4.94. The van der Waals surface area contributed by atoms with Crippen LogP contribution < -0.4 is 5.32 Å². The molecular weight excluding hydrogens is 268 g/mol. The third kappa shape index (κ3) is 3.47. The smallest absolute Gasteiger partial charge is 0.149 e. The Morgan fingerprint density at radius 3 is 3.00 bits per heavy atom. The van der Waals surface area contributed by atoms with Gasteiger partial charge in [-0.2, -0.15) is 5.26 Å². The molecule has 20 heavy (non-hydrogen) atoms. The highest BCUT2D eigenvalue weighted by molar-refractivity contribution is 7.13. The molecule has 2 aromatic heterocycles. The molecule has 2 rings (SSSR count). The number of nitrogens with one attached hydrogen (secondary N) is 1. The molecule has 0 aliphatic rings. The van der Waals surface area contributed by atoms with E-state index in [-0.39, 0.29) is 0 Å². The van der Waals surface area contributed by atoms with Crippen LogP contribution in [-0.2, 0) is 6.54 Å². The van der Waals surface area contributed by atoms with Crippen LogP contribution in [0.15, 0.2) is 29.9 Å². The van der Waals surface area contributed by atoms with Crippen LogP contribution in [0.1, 0.15) is 26.2 Å². The maximum Gasteiger partial charge on any atom is 0.149 e. The molecule has 0 aliphatic carbocycles. The van der Waals surface area contributed by atoms with Crippen molar-refractivity contribution in [3.05, 3.63) is 29.9 Å². The van der Waals surface area contributed by atoms with Crippen molar-refractivity contribution >= 4 is 11.3 Å². The molecule has 2 heterocycles. The number of unbranched alkanes of at least 4 members (excludes halogenated alkanes) is 1. The van der Waals surface area contributed by atoms with Gasteiger partial charge < -0.3 is 9.88 Å². The van der Waals surface area contributed by atoms with Gasteiger partial charge in [0.25, 0.3) is 0 Å². The molecule has 5 heteroatoms. The van der Waals surface area contributed by atoms with Crippen LogP contribution in [0.4, 0.5) is 0 Å². The van der Waals surface area contributed by atoms with E-state index in [0.29, 0.717) is 0 Å². The second kappa shape index (κ2) is 6.69. The number of thiophene rings is 1. The van der Waals surface area contributed by atoms with Gasteiger partial charge in [0, 0.05) is 18.9 Å². The lowest BCUT2D eigenvalue weighted by atomic mass is 9.97.